The lowest BCUT2D eigenvalue weighted by Gasteiger charge is -2.32. The lowest BCUT2D eigenvalue weighted by Crippen LogP contribution is -2.41. The Hall–Kier alpha value is -2.80. The largest absolute Gasteiger partial charge is 0.329 e. The Morgan fingerprint density at radius 1 is 1.26 bits per heavy atom. The molecule has 0 N–H and O–H groups in total. The molecule has 1 aliphatic heterocycles. The van der Waals surface area contributed by atoms with Crippen molar-refractivity contribution in [1.82, 2.24) is 24.6 Å². The highest BCUT2D eigenvalue weighted by atomic mass is 35.5. The summed E-state index contributed by atoms with van der Waals surface area (Å²) in [6, 6.07) is 8.32. The normalized spacial score (nSPS) is 16.3. The molecule has 8 heteroatoms. The van der Waals surface area contributed by atoms with Crippen molar-refractivity contribution in [2.75, 3.05) is 6.54 Å². The van der Waals surface area contributed by atoms with E-state index in [4.69, 9.17) is 11.6 Å². The van der Waals surface area contributed by atoms with Gasteiger partial charge in [0.2, 0.25) is 0 Å². The minimum absolute atomic E-state index is 0.0867. The van der Waals surface area contributed by atoms with Gasteiger partial charge in [0.05, 0.1) is 23.2 Å². The maximum Gasteiger partial charge on any atom is 0.258 e. The van der Waals surface area contributed by atoms with Gasteiger partial charge in [0.15, 0.2) is 11.6 Å². The Kier molecular flexibility index (Phi) is 4.39. The number of hydrogen-bond acceptors (Lipinski definition) is 4. The smallest absolute Gasteiger partial charge is 0.258 e. The van der Waals surface area contributed by atoms with Gasteiger partial charge in [-0.25, -0.2) is 4.39 Å². The average Bonchev–Trinajstić information content (AvgIpc) is 3.10. The van der Waals surface area contributed by atoms with Crippen LogP contribution in [0, 0.1) is 12.7 Å². The molecule has 1 aliphatic rings. The van der Waals surface area contributed by atoms with Crippen molar-refractivity contribution in [3.8, 4) is 11.5 Å². The SMILES string of the molecule is Cc1ccc(F)c(C(=O)N2Cc3nnc(-c4ccccn4)n3[C@@H](C)C2)c1Cl. The molecule has 1 amide bonds. The Morgan fingerprint density at radius 3 is 2.81 bits per heavy atom. The summed E-state index contributed by atoms with van der Waals surface area (Å²) >= 11 is 6.20. The van der Waals surface area contributed by atoms with Gasteiger partial charge in [-0.2, -0.15) is 0 Å². The minimum atomic E-state index is -0.621. The second-order valence-electron chi connectivity index (χ2n) is 6.61. The van der Waals surface area contributed by atoms with Crippen molar-refractivity contribution in [3.63, 3.8) is 0 Å². The van der Waals surface area contributed by atoms with Crippen LogP contribution >= 0.6 is 11.6 Å². The molecule has 4 rings (SSSR count). The number of benzene rings is 1. The van der Waals surface area contributed by atoms with Gasteiger partial charge in [0, 0.05) is 12.7 Å². The predicted molar refractivity (Wildman–Crippen MR) is 98.9 cm³/mol. The van der Waals surface area contributed by atoms with Crippen molar-refractivity contribution >= 4 is 17.5 Å². The molecule has 0 fully saturated rings. The number of fused-ring (bicyclic) bond motifs is 1. The van der Waals surface area contributed by atoms with Gasteiger partial charge in [0.25, 0.3) is 5.91 Å². The summed E-state index contributed by atoms with van der Waals surface area (Å²) in [7, 11) is 0. The second kappa shape index (κ2) is 6.74. The van der Waals surface area contributed by atoms with Crippen LogP contribution in [-0.2, 0) is 6.54 Å². The van der Waals surface area contributed by atoms with Gasteiger partial charge in [-0.05, 0) is 37.6 Å². The van der Waals surface area contributed by atoms with Gasteiger partial charge in [0.1, 0.15) is 11.5 Å². The molecule has 0 saturated heterocycles. The van der Waals surface area contributed by atoms with Gasteiger partial charge in [-0.1, -0.05) is 23.7 Å². The van der Waals surface area contributed by atoms with Crippen molar-refractivity contribution < 1.29 is 9.18 Å². The molecule has 6 nitrogen and oxygen atoms in total. The standard InChI is InChI=1S/C19H17ClFN5O/c1-11-6-7-13(21)16(17(11)20)19(27)25-9-12(2)26-15(10-25)23-24-18(26)14-5-3-4-8-22-14/h3-8,12H,9-10H2,1-2H3/t12-/m0/s1. The van der Waals surface area contributed by atoms with Crippen LogP contribution in [0.5, 0.6) is 0 Å². The third kappa shape index (κ3) is 2.98. The Balaban J connectivity index is 1.68. The van der Waals surface area contributed by atoms with Crippen LogP contribution in [0.3, 0.4) is 0 Å². The van der Waals surface area contributed by atoms with Gasteiger partial charge < -0.3 is 9.47 Å². The number of amides is 1. The van der Waals surface area contributed by atoms with Crippen molar-refractivity contribution in [2.24, 2.45) is 0 Å². The first-order chi connectivity index (χ1) is 13.0. The van der Waals surface area contributed by atoms with E-state index in [0.717, 1.165) is 5.69 Å². The summed E-state index contributed by atoms with van der Waals surface area (Å²) in [6.07, 6.45) is 1.70. The molecule has 1 atom stereocenters. The molecule has 3 aromatic rings. The lowest BCUT2D eigenvalue weighted by atomic mass is 10.1. The van der Waals surface area contributed by atoms with Crippen LogP contribution < -0.4 is 0 Å². The zero-order chi connectivity index (χ0) is 19.1. The first-order valence-corrected chi connectivity index (χ1v) is 8.94. The molecule has 0 radical (unpaired) electrons. The maximum atomic E-state index is 14.3. The van der Waals surface area contributed by atoms with E-state index in [1.165, 1.54) is 6.07 Å². The summed E-state index contributed by atoms with van der Waals surface area (Å²) in [5.41, 5.74) is 1.28. The summed E-state index contributed by atoms with van der Waals surface area (Å²) in [4.78, 5) is 18.8. The number of hydrogen-bond donors (Lipinski definition) is 0. The summed E-state index contributed by atoms with van der Waals surface area (Å²) in [6.45, 7) is 4.33. The molecule has 1 aromatic carbocycles. The average molecular weight is 386 g/mol. The first kappa shape index (κ1) is 17.6. The number of pyridine rings is 1. The van der Waals surface area contributed by atoms with Crippen LogP contribution in [0.4, 0.5) is 4.39 Å². The molecule has 0 unspecified atom stereocenters. The second-order valence-corrected chi connectivity index (χ2v) is 6.99. The third-order valence-electron chi connectivity index (χ3n) is 4.70. The molecule has 138 valence electrons. The van der Waals surface area contributed by atoms with Crippen molar-refractivity contribution in [1.29, 1.82) is 0 Å². The maximum absolute atomic E-state index is 14.3. The number of carbonyl (C=O) groups excluding carboxylic acids is 1. The number of rotatable bonds is 2. The van der Waals surface area contributed by atoms with Crippen LogP contribution in [0.2, 0.25) is 5.02 Å². The Morgan fingerprint density at radius 2 is 2.07 bits per heavy atom. The monoisotopic (exact) mass is 385 g/mol. The van der Waals surface area contributed by atoms with E-state index in [1.54, 1.807) is 24.1 Å². The predicted octanol–water partition coefficient (Wildman–Crippen LogP) is 3.66. The summed E-state index contributed by atoms with van der Waals surface area (Å²) in [5, 5.41) is 8.62. The highest BCUT2D eigenvalue weighted by Crippen LogP contribution is 2.30. The number of halogens is 2. The molecule has 0 saturated carbocycles. The molecular weight excluding hydrogens is 369 g/mol. The Bertz CT molecular complexity index is 1020. The highest BCUT2D eigenvalue weighted by Gasteiger charge is 2.32. The van der Waals surface area contributed by atoms with E-state index in [0.29, 0.717) is 23.8 Å². The number of aromatic nitrogens is 4. The summed E-state index contributed by atoms with van der Waals surface area (Å²) in [5.74, 6) is 0.225. The minimum Gasteiger partial charge on any atom is -0.329 e. The molecule has 0 aliphatic carbocycles. The molecule has 27 heavy (non-hydrogen) atoms. The van der Waals surface area contributed by atoms with E-state index in [1.807, 2.05) is 29.7 Å². The first-order valence-electron chi connectivity index (χ1n) is 8.56. The van der Waals surface area contributed by atoms with Crippen LogP contribution in [0.1, 0.15) is 34.7 Å². The van der Waals surface area contributed by atoms with Crippen LogP contribution in [0.15, 0.2) is 36.5 Å². The van der Waals surface area contributed by atoms with Gasteiger partial charge in [-0.3, -0.25) is 9.78 Å². The fourth-order valence-corrected chi connectivity index (χ4v) is 3.60. The van der Waals surface area contributed by atoms with E-state index in [-0.39, 0.29) is 23.2 Å². The van der Waals surface area contributed by atoms with Gasteiger partial charge in [-0.15, -0.1) is 10.2 Å². The molecule has 0 spiro atoms. The quantitative estimate of drug-likeness (QED) is 0.675. The Labute approximate surface area is 160 Å². The van der Waals surface area contributed by atoms with Crippen molar-refractivity contribution in [2.45, 2.75) is 26.4 Å². The topological polar surface area (TPSA) is 63.9 Å². The molecule has 0 bridgehead atoms. The fraction of sp³-hybridized carbons (Fsp3) is 0.263. The van der Waals surface area contributed by atoms with E-state index >= 15 is 0 Å². The van der Waals surface area contributed by atoms with E-state index in [2.05, 4.69) is 15.2 Å². The van der Waals surface area contributed by atoms with E-state index in [9.17, 15) is 9.18 Å². The number of carbonyl (C=O) groups is 1. The molecule has 2 aromatic heterocycles. The third-order valence-corrected chi connectivity index (χ3v) is 5.19. The highest BCUT2D eigenvalue weighted by molar-refractivity contribution is 6.34. The van der Waals surface area contributed by atoms with Crippen molar-refractivity contribution in [3.05, 3.63) is 64.3 Å². The zero-order valence-electron chi connectivity index (χ0n) is 14.9. The molecule has 3 heterocycles. The van der Waals surface area contributed by atoms with E-state index < -0.39 is 11.7 Å². The summed E-state index contributed by atoms with van der Waals surface area (Å²) < 4.78 is 16.3. The fourth-order valence-electron chi connectivity index (χ4n) is 3.37. The molecular formula is C19H17ClFN5O. The number of aryl methyl sites for hydroxylation is 1. The van der Waals surface area contributed by atoms with Crippen LogP contribution in [0.25, 0.3) is 11.5 Å². The van der Waals surface area contributed by atoms with Crippen LogP contribution in [-0.4, -0.2) is 37.1 Å². The lowest BCUT2D eigenvalue weighted by molar-refractivity contribution is 0.0677. The zero-order valence-corrected chi connectivity index (χ0v) is 15.6. The number of nitrogens with zero attached hydrogens (tertiary/aromatic N) is 5. The van der Waals surface area contributed by atoms with Gasteiger partial charge >= 0.3 is 0 Å².